The standard InChI is InChI=1S/C21H17BN4/c1-13-7-2-3-8-14(13)18-19(22)26-17-11-6-12-23-20(17)24-16-10-5-4-9-15(16)21(26)25-18/h2-12H,22H2,1H3,(H,23,24). The van der Waals surface area contributed by atoms with E-state index in [-0.39, 0.29) is 0 Å². The Hall–Kier alpha value is -3.34. The summed E-state index contributed by atoms with van der Waals surface area (Å²) in [5.74, 6) is 1.78. The third kappa shape index (κ3) is 2.10. The van der Waals surface area contributed by atoms with Gasteiger partial charge in [-0.3, -0.25) is 0 Å². The second kappa shape index (κ2) is 5.59. The van der Waals surface area contributed by atoms with Gasteiger partial charge in [-0.15, -0.1) is 0 Å². The van der Waals surface area contributed by atoms with Crippen LogP contribution in [0.3, 0.4) is 0 Å². The van der Waals surface area contributed by atoms with Gasteiger partial charge < -0.3 is 9.88 Å². The zero-order chi connectivity index (χ0) is 17.7. The van der Waals surface area contributed by atoms with Gasteiger partial charge in [-0.05, 0) is 36.8 Å². The summed E-state index contributed by atoms with van der Waals surface area (Å²) in [5, 5.41) is 3.46. The lowest BCUT2D eigenvalue weighted by molar-refractivity contribution is 1.09. The molecule has 2 aromatic heterocycles. The van der Waals surface area contributed by atoms with E-state index >= 15 is 0 Å². The lowest BCUT2D eigenvalue weighted by atomic mass is 9.95. The molecule has 4 aromatic rings. The number of benzene rings is 2. The third-order valence-corrected chi connectivity index (χ3v) is 4.96. The molecule has 0 aliphatic carbocycles. The van der Waals surface area contributed by atoms with Crippen molar-refractivity contribution in [1.82, 2.24) is 14.5 Å². The second-order valence-electron chi connectivity index (χ2n) is 6.56. The fraction of sp³-hybridized carbons (Fsp3) is 0.0476. The molecule has 0 spiro atoms. The lowest BCUT2D eigenvalue weighted by Crippen LogP contribution is -2.18. The molecule has 5 heteroatoms. The number of imidazole rings is 1. The number of fused-ring (bicyclic) bond motifs is 5. The van der Waals surface area contributed by atoms with Gasteiger partial charge in [0, 0.05) is 22.9 Å². The maximum atomic E-state index is 5.08. The van der Waals surface area contributed by atoms with E-state index in [1.807, 2.05) is 24.4 Å². The smallest absolute Gasteiger partial charge is 0.164 e. The van der Waals surface area contributed by atoms with Crippen LogP contribution in [0, 0.1) is 6.92 Å². The molecule has 0 fully saturated rings. The lowest BCUT2D eigenvalue weighted by Gasteiger charge is -2.11. The van der Waals surface area contributed by atoms with E-state index in [9.17, 15) is 0 Å². The first-order valence-electron chi connectivity index (χ1n) is 8.71. The average Bonchev–Trinajstić information content (AvgIpc) is 2.92. The van der Waals surface area contributed by atoms with Crippen LogP contribution in [-0.2, 0) is 0 Å². The Kier molecular flexibility index (Phi) is 3.22. The fourth-order valence-corrected chi connectivity index (χ4v) is 3.66. The minimum absolute atomic E-state index is 0.843. The predicted octanol–water partition coefficient (Wildman–Crippen LogP) is 3.23. The molecule has 26 heavy (non-hydrogen) atoms. The third-order valence-electron chi connectivity index (χ3n) is 4.96. The summed E-state index contributed by atoms with van der Waals surface area (Å²) in [6, 6.07) is 20.7. The molecule has 124 valence electrons. The van der Waals surface area contributed by atoms with Crippen LogP contribution in [0.25, 0.3) is 28.3 Å². The average molecular weight is 336 g/mol. The number of para-hydroxylation sites is 1. The van der Waals surface area contributed by atoms with Crippen LogP contribution in [0.1, 0.15) is 5.56 Å². The van der Waals surface area contributed by atoms with Crippen molar-refractivity contribution in [2.45, 2.75) is 6.92 Å². The summed E-state index contributed by atoms with van der Waals surface area (Å²) in [5.41, 5.74) is 7.64. The molecule has 0 unspecified atom stereocenters. The van der Waals surface area contributed by atoms with Gasteiger partial charge in [0.2, 0.25) is 0 Å². The Morgan fingerprint density at radius 2 is 1.69 bits per heavy atom. The number of anilines is 2. The topological polar surface area (TPSA) is 42.7 Å². The van der Waals surface area contributed by atoms with E-state index in [0.717, 1.165) is 39.9 Å². The van der Waals surface area contributed by atoms with Crippen LogP contribution < -0.4 is 10.9 Å². The summed E-state index contributed by atoms with van der Waals surface area (Å²) in [4.78, 5) is 9.63. The van der Waals surface area contributed by atoms with Crippen molar-refractivity contribution in [1.29, 1.82) is 0 Å². The maximum absolute atomic E-state index is 5.08. The van der Waals surface area contributed by atoms with E-state index < -0.39 is 0 Å². The number of rotatable bonds is 1. The molecule has 0 radical (unpaired) electrons. The van der Waals surface area contributed by atoms with Gasteiger partial charge in [0.1, 0.15) is 5.82 Å². The van der Waals surface area contributed by atoms with Crippen LogP contribution in [0.4, 0.5) is 11.5 Å². The first kappa shape index (κ1) is 15.0. The normalized spacial score (nSPS) is 11.7. The molecular formula is C21H17BN4. The van der Waals surface area contributed by atoms with E-state index in [0.29, 0.717) is 0 Å². The van der Waals surface area contributed by atoms with Crippen molar-refractivity contribution in [2.75, 3.05) is 5.32 Å². The van der Waals surface area contributed by atoms with Crippen molar-refractivity contribution in [3.05, 3.63) is 72.4 Å². The molecule has 0 amide bonds. The highest BCUT2D eigenvalue weighted by Gasteiger charge is 2.25. The van der Waals surface area contributed by atoms with Gasteiger partial charge in [0.05, 0.1) is 17.1 Å². The van der Waals surface area contributed by atoms with Crippen LogP contribution >= 0.6 is 0 Å². The molecule has 1 aliphatic rings. The molecule has 1 N–H and O–H groups in total. The summed E-state index contributed by atoms with van der Waals surface area (Å²) in [6.07, 6.45) is 1.81. The van der Waals surface area contributed by atoms with Gasteiger partial charge in [-0.1, -0.05) is 36.4 Å². The molecule has 1 aliphatic heterocycles. The number of nitrogens with zero attached hydrogens (tertiary/aromatic N) is 3. The van der Waals surface area contributed by atoms with E-state index in [4.69, 9.17) is 4.98 Å². The summed E-state index contributed by atoms with van der Waals surface area (Å²) >= 11 is 0. The van der Waals surface area contributed by atoms with E-state index in [2.05, 4.69) is 72.1 Å². The Morgan fingerprint density at radius 1 is 0.923 bits per heavy atom. The summed E-state index contributed by atoms with van der Waals surface area (Å²) < 4.78 is 2.21. The zero-order valence-corrected chi connectivity index (χ0v) is 14.7. The van der Waals surface area contributed by atoms with Crippen molar-refractivity contribution in [2.24, 2.45) is 0 Å². The first-order valence-corrected chi connectivity index (χ1v) is 8.71. The number of hydrogen-bond acceptors (Lipinski definition) is 3. The molecular weight excluding hydrogens is 319 g/mol. The van der Waals surface area contributed by atoms with Crippen LogP contribution in [0.15, 0.2) is 66.9 Å². The Bertz CT molecular complexity index is 1150. The minimum Gasteiger partial charge on any atom is -0.338 e. The summed E-state index contributed by atoms with van der Waals surface area (Å²) in [7, 11) is 2.13. The van der Waals surface area contributed by atoms with Gasteiger partial charge in [0.25, 0.3) is 0 Å². The molecule has 2 aromatic carbocycles. The molecule has 3 heterocycles. The van der Waals surface area contributed by atoms with E-state index in [1.165, 1.54) is 11.1 Å². The molecule has 0 bridgehead atoms. The van der Waals surface area contributed by atoms with Crippen molar-refractivity contribution >= 4 is 24.9 Å². The monoisotopic (exact) mass is 336 g/mol. The number of pyridine rings is 1. The zero-order valence-electron chi connectivity index (χ0n) is 14.7. The molecule has 4 nitrogen and oxygen atoms in total. The van der Waals surface area contributed by atoms with Crippen molar-refractivity contribution in [3.8, 4) is 28.3 Å². The van der Waals surface area contributed by atoms with Gasteiger partial charge >= 0.3 is 0 Å². The predicted molar refractivity (Wildman–Crippen MR) is 108 cm³/mol. The van der Waals surface area contributed by atoms with Gasteiger partial charge in [0.15, 0.2) is 13.7 Å². The molecule has 0 atom stereocenters. The molecule has 0 saturated carbocycles. The molecule has 0 saturated heterocycles. The highest BCUT2D eigenvalue weighted by Crippen LogP contribution is 2.37. The summed E-state index contributed by atoms with van der Waals surface area (Å²) in [6.45, 7) is 2.13. The largest absolute Gasteiger partial charge is 0.338 e. The Labute approximate surface area is 153 Å². The van der Waals surface area contributed by atoms with Gasteiger partial charge in [-0.25, -0.2) is 9.97 Å². The maximum Gasteiger partial charge on any atom is 0.164 e. The number of aryl methyl sites for hydroxylation is 1. The van der Waals surface area contributed by atoms with Crippen LogP contribution in [0.2, 0.25) is 0 Å². The fourth-order valence-electron chi connectivity index (χ4n) is 3.66. The van der Waals surface area contributed by atoms with Crippen LogP contribution in [0.5, 0.6) is 0 Å². The SMILES string of the molecule is Bc1c(-c2ccccc2C)nc2n1-c1cccnc1Nc1ccccc1-2. The van der Waals surface area contributed by atoms with E-state index in [1.54, 1.807) is 0 Å². The highest BCUT2D eigenvalue weighted by atomic mass is 15.2. The first-order chi connectivity index (χ1) is 12.7. The highest BCUT2D eigenvalue weighted by molar-refractivity contribution is 6.35. The van der Waals surface area contributed by atoms with Gasteiger partial charge in [-0.2, -0.15) is 0 Å². The van der Waals surface area contributed by atoms with Crippen LogP contribution in [-0.4, -0.2) is 22.4 Å². The second-order valence-corrected chi connectivity index (χ2v) is 6.56. The number of aromatic nitrogens is 3. The number of nitrogens with one attached hydrogen (secondary N) is 1. The number of hydrogen-bond donors (Lipinski definition) is 1. The molecule has 5 rings (SSSR count). The Morgan fingerprint density at radius 3 is 2.54 bits per heavy atom. The quantitative estimate of drug-likeness (QED) is 0.478. The Balaban J connectivity index is 1.88. The van der Waals surface area contributed by atoms with Crippen molar-refractivity contribution in [3.63, 3.8) is 0 Å². The minimum atomic E-state index is 0.843. The van der Waals surface area contributed by atoms with Crippen molar-refractivity contribution < 1.29 is 0 Å².